The van der Waals surface area contributed by atoms with Gasteiger partial charge in [0.25, 0.3) is 5.91 Å². The molecule has 1 aliphatic heterocycles. The molecule has 2 amide bonds. The van der Waals surface area contributed by atoms with E-state index in [2.05, 4.69) is 6.58 Å². The third-order valence-electron chi connectivity index (χ3n) is 3.45. The van der Waals surface area contributed by atoms with Gasteiger partial charge in [0, 0.05) is 13.5 Å². The molecule has 21 heavy (non-hydrogen) atoms. The highest BCUT2D eigenvalue weighted by Gasteiger charge is 2.40. The van der Waals surface area contributed by atoms with Gasteiger partial charge in [-0.2, -0.15) is 0 Å². The second-order valence-electron chi connectivity index (χ2n) is 4.88. The van der Waals surface area contributed by atoms with E-state index in [0.29, 0.717) is 12.8 Å². The molecule has 2 rings (SSSR count). The lowest BCUT2D eigenvalue weighted by atomic mass is 10.1. The molecular weight excluding hydrogens is 270 g/mol. The van der Waals surface area contributed by atoms with Crippen LogP contribution in [0, 0.1) is 0 Å². The van der Waals surface area contributed by atoms with E-state index in [1.54, 1.807) is 6.08 Å². The quantitative estimate of drug-likeness (QED) is 0.753. The molecule has 0 aliphatic carbocycles. The Morgan fingerprint density at radius 2 is 2.24 bits per heavy atom. The Hall–Kier alpha value is -2.14. The molecule has 0 N–H and O–H groups in total. The van der Waals surface area contributed by atoms with Gasteiger partial charge in [-0.15, -0.1) is 6.58 Å². The van der Waals surface area contributed by atoms with Crippen molar-refractivity contribution in [2.24, 2.45) is 0 Å². The molecule has 0 saturated carbocycles. The minimum absolute atomic E-state index is 0.212. The van der Waals surface area contributed by atoms with Crippen LogP contribution in [0.25, 0.3) is 0 Å². The molecule has 1 aliphatic rings. The first-order valence-electron chi connectivity index (χ1n) is 6.84. The van der Waals surface area contributed by atoms with E-state index in [4.69, 9.17) is 9.47 Å². The Morgan fingerprint density at radius 1 is 1.52 bits per heavy atom. The maximum absolute atomic E-state index is 12.4. The number of amides is 2. The van der Waals surface area contributed by atoms with Crippen molar-refractivity contribution in [1.29, 1.82) is 0 Å². The van der Waals surface area contributed by atoms with Crippen molar-refractivity contribution >= 4 is 12.0 Å². The van der Waals surface area contributed by atoms with Gasteiger partial charge in [0.2, 0.25) is 0 Å². The van der Waals surface area contributed by atoms with E-state index in [1.165, 1.54) is 12.0 Å². The highest BCUT2D eigenvalue weighted by molar-refractivity contribution is 5.96. The number of rotatable bonds is 6. The largest absolute Gasteiger partial charge is 0.447 e. The number of carbonyl (C=O) groups excluding carboxylic acids is 2. The molecule has 112 valence electrons. The normalized spacial score (nSPS) is 19.2. The van der Waals surface area contributed by atoms with Crippen molar-refractivity contribution in [3.05, 3.63) is 48.6 Å². The number of cyclic esters (lactones) is 1. The summed E-state index contributed by atoms with van der Waals surface area (Å²) < 4.78 is 10.2. The van der Waals surface area contributed by atoms with Gasteiger partial charge in [0.15, 0.2) is 0 Å². The standard InChI is InChI=1S/C16H19NO4/c1-3-7-14(20-2)15(18)17-13(11-21-16(17)19)10-12-8-5-4-6-9-12/h3-6,8-9,13-14H,1,7,10-11H2,2H3/t13-,14+/m0/s1. The third kappa shape index (κ3) is 3.49. The Bertz CT molecular complexity index is 514. The molecule has 5 heteroatoms. The molecule has 0 aromatic heterocycles. The van der Waals surface area contributed by atoms with E-state index in [-0.39, 0.29) is 18.6 Å². The predicted octanol–water partition coefficient (Wildman–Crippen LogP) is 2.17. The van der Waals surface area contributed by atoms with E-state index in [1.807, 2.05) is 30.3 Å². The Kier molecular flexibility index (Phi) is 5.11. The van der Waals surface area contributed by atoms with E-state index in [9.17, 15) is 9.59 Å². The van der Waals surface area contributed by atoms with Crippen LogP contribution in [0.15, 0.2) is 43.0 Å². The average Bonchev–Trinajstić information content (AvgIpc) is 2.86. The highest BCUT2D eigenvalue weighted by Crippen LogP contribution is 2.19. The Morgan fingerprint density at radius 3 is 2.86 bits per heavy atom. The van der Waals surface area contributed by atoms with Crippen LogP contribution in [0.5, 0.6) is 0 Å². The molecule has 1 heterocycles. The van der Waals surface area contributed by atoms with Crippen LogP contribution in [0.2, 0.25) is 0 Å². The SMILES string of the molecule is C=CC[C@@H](OC)C(=O)N1C(=O)OC[C@@H]1Cc1ccccc1. The fraction of sp³-hybridized carbons (Fsp3) is 0.375. The maximum Gasteiger partial charge on any atom is 0.417 e. The van der Waals surface area contributed by atoms with Gasteiger partial charge in [-0.05, 0) is 12.0 Å². The van der Waals surface area contributed by atoms with Crippen LogP contribution in [-0.2, 0) is 20.7 Å². The number of benzene rings is 1. The average molecular weight is 289 g/mol. The summed E-state index contributed by atoms with van der Waals surface area (Å²) in [7, 11) is 1.44. The minimum atomic E-state index is -0.702. The molecule has 5 nitrogen and oxygen atoms in total. The van der Waals surface area contributed by atoms with Crippen molar-refractivity contribution in [3.63, 3.8) is 0 Å². The van der Waals surface area contributed by atoms with Crippen LogP contribution < -0.4 is 0 Å². The van der Waals surface area contributed by atoms with Gasteiger partial charge < -0.3 is 9.47 Å². The number of ether oxygens (including phenoxy) is 2. The molecule has 2 atom stereocenters. The number of carbonyl (C=O) groups is 2. The van der Waals surface area contributed by atoms with Crippen molar-refractivity contribution in [2.45, 2.75) is 25.0 Å². The molecule has 1 fully saturated rings. The van der Waals surface area contributed by atoms with Gasteiger partial charge in [-0.25, -0.2) is 9.69 Å². The number of methoxy groups -OCH3 is 1. The first-order valence-corrected chi connectivity index (χ1v) is 6.84. The van der Waals surface area contributed by atoms with Gasteiger partial charge in [0.1, 0.15) is 12.7 Å². The van der Waals surface area contributed by atoms with Gasteiger partial charge >= 0.3 is 6.09 Å². The molecule has 0 spiro atoms. The monoisotopic (exact) mass is 289 g/mol. The zero-order valence-corrected chi connectivity index (χ0v) is 12.0. The summed E-state index contributed by atoms with van der Waals surface area (Å²) >= 11 is 0. The lowest BCUT2D eigenvalue weighted by Crippen LogP contribution is -2.46. The number of nitrogens with zero attached hydrogens (tertiary/aromatic N) is 1. The summed E-state index contributed by atoms with van der Waals surface area (Å²) in [6.07, 6.45) is 1.22. The van der Waals surface area contributed by atoms with Crippen molar-refractivity contribution in [1.82, 2.24) is 4.90 Å². The molecule has 1 aromatic carbocycles. The summed E-state index contributed by atoms with van der Waals surface area (Å²) in [4.78, 5) is 25.4. The summed E-state index contributed by atoms with van der Waals surface area (Å²) in [6.45, 7) is 3.81. The second kappa shape index (κ2) is 7.04. The molecule has 1 aromatic rings. The number of imide groups is 1. The van der Waals surface area contributed by atoms with Crippen molar-refractivity contribution in [3.8, 4) is 0 Å². The maximum atomic E-state index is 12.4. The number of hydrogen-bond acceptors (Lipinski definition) is 4. The molecule has 1 saturated heterocycles. The van der Waals surface area contributed by atoms with Crippen LogP contribution in [0.4, 0.5) is 4.79 Å². The zero-order chi connectivity index (χ0) is 15.2. The molecule has 0 unspecified atom stereocenters. The predicted molar refractivity (Wildman–Crippen MR) is 77.7 cm³/mol. The first-order chi connectivity index (χ1) is 10.2. The smallest absolute Gasteiger partial charge is 0.417 e. The highest BCUT2D eigenvalue weighted by atomic mass is 16.6. The lowest BCUT2D eigenvalue weighted by molar-refractivity contribution is -0.139. The van der Waals surface area contributed by atoms with Crippen LogP contribution in [0.3, 0.4) is 0 Å². The summed E-state index contributed by atoms with van der Waals surface area (Å²) in [6, 6.07) is 9.40. The lowest BCUT2D eigenvalue weighted by Gasteiger charge is -2.23. The summed E-state index contributed by atoms with van der Waals surface area (Å²) in [5.41, 5.74) is 1.05. The number of hydrogen-bond donors (Lipinski definition) is 0. The van der Waals surface area contributed by atoms with Crippen LogP contribution >= 0.6 is 0 Å². The topological polar surface area (TPSA) is 55.8 Å². The van der Waals surface area contributed by atoms with Crippen molar-refractivity contribution in [2.75, 3.05) is 13.7 Å². The summed E-state index contributed by atoms with van der Waals surface area (Å²) in [5.74, 6) is -0.374. The minimum Gasteiger partial charge on any atom is -0.447 e. The van der Waals surface area contributed by atoms with Gasteiger partial charge in [-0.1, -0.05) is 36.4 Å². The van der Waals surface area contributed by atoms with Crippen molar-refractivity contribution < 1.29 is 19.1 Å². The van der Waals surface area contributed by atoms with E-state index < -0.39 is 12.2 Å². The molecule has 0 bridgehead atoms. The second-order valence-corrected chi connectivity index (χ2v) is 4.88. The van der Waals surface area contributed by atoms with E-state index >= 15 is 0 Å². The van der Waals surface area contributed by atoms with Crippen LogP contribution in [0.1, 0.15) is 12.0 Å². The first kappa shape index (κ1) is 15.3. The fourth-order valence-electron chi connectivity index (χ4n) is 2.37. The third-order valence-corrected chi connectivity index (χ3v) is 3.45. The zero-order valence-electron chi connectivity index (χ0n) is 12.0. The Balaban J connectivity index is 2.12. The van der Waals surface area contributed by atoms with Gasteiger partial charge in [0.05, 0.1) is 6.04 Å². The van der Waals surface area contributed by atoms with E-state index in [0.717, 1.165) is 5.56 Å². The van der Waals surface area contributed by atoms with Gasteiger partial charge in [-0.3, -0.25) is 4.79 Å². The molecular formula is C16H19NO4. The fourth-order valence-corrected chi connectivity index (χ4v) is 2.37. The summed E-state index contributed by atoms with van der Waals surface area (Å²) in [5, 5.41) is 0. The van der Waals surface area contributed by atoms with Crippen LogP contribution in [-0.4, -0.2) is 42.8 Å². The Labute approximate surface area is 124 Å². The molecule has 0 radical (unpaired) electrons.